The molecule has 166 valence electrons. The fourth-order valence-corrected chi connectivity index (χ4v) is 4.24. The molecule has 3 aromatic carbocycles. The van der Waals surface area contributed by atoms with Gasteiger partial charge in [-0.3, -0.25) is 9.69 Å². The summed E-state index contributed by atoms with van der Waals surface area (Å²) in [6.45, 7) is 3.82. The predicted octanol–water partition coefficient (Wildman–Crippen LogP) is 6.16. The third-order valence-electron chi connectivity index (χ3n) is 5.62. The highest BCUT2D eigenvalue weighted by Crippen LogP contribution is 2.44. The van der Waals surface area contributed by atoms with Crippen LogP contribution < -0.4 is 19.1 Å². The van der Waals surface area contributed by atoms with Crippen molar-refractivity contribution in [1.29, 1.82) is 0 Å². The van der Waals surface area contributed by atoms with E-state index < -0.39 is 6.10 Å². The van der Waals surface area contributed by atoms with Crippen LogP contribution >= 0.6 is 23.2 Å². The summed E-state index contributed by atoms with van der Waals surface area (Å²) in [6.07, 6.45) is -0.715. The first kappa shape index (κ1) is 22.3. The van der Waals surface area contributed by atoms with E-state index in [4.69, 9.17) is 37.4 Å². The number of hydrogen-bond acceptors (Lipinski definition) is 4. The van der Waals surface area contributed by atoms with Crippen molar-refractivity contribution in [1.82, 2.24) is 0 Å². The van der Waals surface area contributed by atoms with Crippen LogP contribution in [0, 0.1) is 13.8 Å². The molecule has 1 heterocycles. The molecule has 5 nitrogen and oxygen atoms in total. The third-order valence-corrected chi connectivity index (χ3v) is 6.26. The first-order valence-electron chi connectivity index (χ1n) is 10.1. The maximum atomic E-state index is 13.3. The molecule has 0 bridgehead atoms. The van der Waals surface area contributed by atoms with Crippen molar-refractivity contribution >= 4 is 34.8 Å². The Labute approximate surface area is 197 Å². The summed E-state index contributed by atoms with van der Waals surface area (Å²) in [5, 5.41) is 1.21. The molecule has 7 heteroatoms. The number of carbonyl (C=O) groups is 1. The fraction of sp³-hybridized carbons (Fsp3) is 0.240. The van der Waals surface area contributed by atoms with Crippen molar-refractivity contribution < 1.29 is 19.0 Å². The van der Waals surface area contributed by atoms with Gasteiger partial charge in [-0.05, 0) is 73.0 Å². The molecular formula is C25H23Cl2NO4. The Bertz CT molecular complexity index is 1180. The van der Waals surface area contributed by atoms with Crippen LogP contribution in [0.25, 0.3) is 0 Å². The molecule has 1 aliphatic heterocycles. The topological polar surface area (TPSA) is 48.0 Å². The van der Waals surface area contributed by atoms with Crippen LogP contribution in [0.4, 0.5) is 5.69 Å². The summed E-state index contributed by atoms with van der Waals surface area (Å²) in [7, 11) is 3.16. The number of methoxy groups -OCH3 is 2. The van der Waals surface area contributed by atoms with Gasteiger partial charge in [-0.25, -0.2) is 0 Å². The zero-order chi connectivity index (χ0) is 23.0. The summed E-state index contributed by atoms with van der Waals surface area (Å²) < 4.78 is 17.0. The Balaban J connectivity index is 1.76. The van der Waals surface area contributed by atoms with Crippen LogP contribution in [-0.2, 0) is 4.79 Å². The van der Waals surface area contributed by atoms with Crippen LogP contribution in [0.3, 0.4) is 0 Å². The molecule has 1 saturated heterocycles. The van der Waals surface area contributed by atoms with Crippen molar-refractivity contribution in [3.8, 4) is 17.2 Å². The van der Waals surface area contributed by atoms with E-state index in [1.165, 1.54) is 0 Å². The number of rotatable bonds is 6. The van der Waals surface area contributed by atoms with Crippen LogP contribution in [0.15, 0.2) is 54.6 Å². The van der Waals surface area contributed by atoms with Gasteiger partial charge in [0.15, 0.2) is 11.5 Å². The molecule has 0 aliphatic carbocycles. The van der Waals surface area contributed by atoms with Crippen molar-refractivity contribution in [3.63, 3.8) is 0 Å². The van der Waals surface area contributed by atoms with Crippen LogP contribution in [-0.4, -0.2) is 26.2 Å². The molecule has 0 radical (unpaired) electrons. The molecule has 3 aromatic rings. The smallest absolute Gasteiger partial charge is 0.271 e. The highest BCUT2D eigenvalue weighted by Gasteiger charge is 2.51. The molecule has 1 fully saturated rings. The number of nitrogens with zero attached hydrogens (tertiary/aromatic N) is 1. The predicted molar refractivity (Wildman–Crippen MR) is 127 cm³/mol. The van der Waals surface area contributed by atoms with Gasteiger partial charge in [-0.2, -0.15) is 0 Å². The van der Waals surface area contributed by atoms with Gasteiger partial charge in [-0.1, -0.05) is 35.3 Å². The van der Waals surface area contributed by atoms with Crippen molar-refractivity contribution in [2.24, 2.45) is 0 Å². The lowest BCUT2D eigenvalue weighted by Gasteiger charge is -2.47. The number of anilines is 1. The maximum absolute atomic E-state index is 13.3. The number of β-lactam (4-membered cyclic amide) rings is 1. The molecule has 0 unspecified atom stereocenters. The Kier molecular flexibility index (Phi) is 6.22. The summed E-state index contributed by atoms with van der Waals surface area (Å²) in [5.41, 5.74) is 3.36. The standard InChI is InChI=1S/C25H23Cl2NO4/c1-14-5-8-18(13-19(14)27)28-23(16-6-9-21(30-3)22(12-16)31-4)24(25(28)29)32-20-10-7-17(26)11-15(20)2/h5-13,23-24H,1-4H3/t23-,24+/m0/s1. The van der Waals surface area contributed by atoms with Crippen LogP contribution in [0.2, 0.25) is 10.0 Å². The van der Waals surface area contributed by atoms with Crippen LogP contribution in [0.1, 0.15) is 22.7 Å². The second-order valence-corrected chi connectivity index (χ2v) is 8.49. The van der Waals surface area contributed by atoms with E-state index in [9.17, 15) is 4.79 Å². The number of ether oxygens (including phenoxy) is 3. The van der Waals surface area contributed by atoms with E-state index in [2.05, 4.69) is 0 Å². The molecule has 1 aliphatic rings. The highest BCUT2D eigenvalue weighted by molar-refractivity contribution is 6.31. The van der Waals surface area contributed by atoms with Gasteiger partial charge < -0.3 is 14.2 Å². The first-order valence-corrected chi connectivity index (χ1v) is 10.8. The monoisotopic (exact) mass is 471 g/mol. The summed E-state index contributed by atoms with van der Waals surface area (Å²) in [6, 6.07) is 16.1. The van der Waals surface area contributed by atoms with Gasteiger partial charge in [-0.15, -0.1) is 0 Å². The fourth-order valence-electron chi connectivity index (χ4n) is 3.84. The molecule has 4 rings (SSSR count). The first-order chi connectivity index (χ1) is 15.3. The number of hydrogen-bond donors (Lipinski definition) is 0. The molecular weight excluding hydrogens is 449 g/mol. The lowest BCUT2D eigenvalue weighted by atomic mass is 9.89. The lowest BCUT2D eigenvalue weighted by Crippen LogP contribution is -2.61. The second-order valence-electron chi connectivity index (χ2n) is 7.65. The van der Waals surface area contributed by atoms with Gasteiger partial charge >= 0.3 is 0 Å². The Morgan fingerprint density at radius 3 is 2.19 bits per heavy atom. The van der Waals surface area contributed by atoms with Gasteiger partial charge in [0.05, 0.1) is 14.2 Å². The number of benzene rings is 3. The number of carbonyl (C=O) groups excluding carboxylic acids is 1. The highest BCUT2D eigenvalue weighted by atomic mass is 35.5. The van der Waals surface area contributed by atoms with E-state index in [1.807, 2.05) is 50.2 Å². The average molecular weight is 472 g/mol. The van der Waals surface area contributed by atoms with E-state index in [0.717, 1.165) is 16.7 Å². The number of halogens is 2. The largest absolute Gasteiger partial charge is 0.493 e. The van der Waals surface area contributed by atoms with E-state index >= 15 is 0 Å². The van der Waals surface area contributed by atoms with E-state index in [0.29, 0.717) is 33.0 Å². The second kappa shape index (κ2) is 8.93. The molecule has 0 saturated carbocycles. The minimum absolute atomic E-state index is 0.154. The summed E-state index contributed by atoms with van der Waals surface area (Å²) in [5.74, 6) is 1.64. The molecule has 0 N–H and O–H groups in total. The SMILES string of the molecule is COc1ccc([C@H]2[C@@H](Oc3ccc(Cl)cc3C)C(=O)N2c2ccc(C)c(Cl)c2)cc1OC. The molecule has 2 atom stereocenters. The zero-order valence-electron chi connectivity index (χ0n) is 18.2. The Hall–Kier alpha value is -2.89. The van der Waals surface area contributed by atoms with E-state index in [-0.39, 0.29) is 11.9 Å². The van der Waals surface area contributed by atoms with Crippen molar-refractivity contribution in [2.75, 3.05) is 19.1 Å². The average Bonchev–Trinajstić information content (AvgIpc) is 2.78. The minimum Gasteiger partial charge on any atom is -0.493 e. The van der Waals surface area contributed by atoms with Gasteiger partial charge in [0.25, 0.3) is 5.91 Å². The Morgan fingerprint density at radius 1 is 0.812 bits per heavy atom. The minimum atomic E-state index is -0.715. The third kappa shape index (κ3) is 3.98. The zero-order valence-corrected chi connectivity index (χ0v) is 19.7. The van der Waals surface area contributed by atoms with Gasteiger partial charge in [0.2, 0.25) is 6.10 Å². The summed E-state index contributed by atoms with van der Waals surface area (Å²) >= 11 is 12.4. The van der Waals surface area contributed by atoms with Crippen molar-refractivity contribution in [3.05, 3.63) is 81.3 Å². The lowest BCUT2D eigenvalue weighted by molar-refractivity contribution is -0.135. The molecule has 0 spiro atoms. The van der Waals surface area contributed by atoms with Crippen molar-refractivity contribution in [2.45, 2.75) is 26.0 Å². The van der Waals surface area contributed by atoms with Gasteiger partial charge in [0, 0.05) is 15.7 Å². The normalized spacial score (nSPS) is 17.7. The van der Waals surface area contributed by atoms with Gasteiger partial charge in [0.1, 0.15) is 11.8 Å². The van der Waals surface area contributed by atoms with E-state index in [1.54, 1.807) is 37.3 Å². The summed E-state index contributed by atoms with van der Waals surface area (Å²) in [4.78, 5) is 15.0. The number of aryl methyl sites for hydroxylation is 2. The molecule has 32 heavy (non-hydrogen) atoms. The quantitative estimate of drug-likeness (QED) is 0.403. The molecule has 1 amide bonds. The molecule has 0 aromatic heterocycles. The maximum Gasteiger partial charge on any atom is 0.271 e. The number of amides is 1. The van der Waals surface area contributed by atoms with Crippen LogP contribution in [0.5, 0.6) is 17.2 Å². The Morgan fingerprint density at radius 2 is 1.53 bits per heavy atom.